The molecule has 0 radical (unpaired) electrons. The molecule has 3 heterocycles. The molecular weight excluding hydrogens is 410 g/mol. The molecule has 5 N–H and O–H groups in total. The third-order valence-corrected chi connectivity index (χ3v) is 5.39. The van der Waals surface area contributed by atoms with E-state index in [0.29, 0.717) is 36.8 Å². The number of nitro groups is 1. The fourth-order valence-corrected chi connectivity index (χ4v) is 3.61. The van der Waals surface area contributed by atoms with Gasteiger partial charge in [0.2, 0.25) is 5.72 Å². The van der Waals surface area contributed by atoms with Crippen molar-refractivity contribution < 1.29 is 9.66 Å². The molecule has 156 valence electrons. The summed E-state index contributed by atoms with van der Waals surface area (Å²) in [7, 11) is 0. The molecule has 0 saturated heterocycles. The number of aromatic nitrogens is 2. The average molecular weight is 430 g/mol. The highest BCUT2D eigenvalue weighted by atomic mass is 35.5. The largest absolute Gasteiger partial charge is 0.462 e. The number of imidazole rings is 1. The number of hydrogen-bond acceptors (Lipinski definition) is 7. The highest BCUT2D eigenvalue weighted by Crippen LogP contribution is 2.30. The van der Waals surface area contributed by atoms with Crippen molar-refractivity contribution in [1.29, 1.82) is 5.41 Å². The molecule has 10 nitrogen and oxygen atoms in total. The number of halogens is 1. The summed E-state index contributed by atoms with van der Waals surface area (Å²) >= 11 is 5.92. The molecule has 4 rings (SSSR count). The number of fused-ring (bicyclic) bond motifs is 1. The van der Waals surface area contributed by atoms with Crippen LogP contribution in [0.25, 0.3) is 0 Å². The molecular formula is C19H20ClN7O3. The quantitative estimate of drug-likeness (QED) is 0.237. The van der Waals surface area contributed by atoms with E-state index < -0.39 is 10.6 Å². The predicted octanol–water partition coefficient (Wildman–Crippen LogP) is 1.88. The Morgan fingerprint density at radius 1 is 1.47 bits per heavy atom. The Bertz CT molecular complexity index is 1050. The molecule has 2 aliphatic rings. The van der Waals surface area contributed by atoms with Crippen LogP contribution in [-0.4, -0.2) is 37.9 Å². The van der Waals surface area contributed by atoms with E-state index in [0.717, 1.165) is 23.2 Å². The van der Waals surface area contributed by atoms with Crippen LogP contribution in [0, 0.1) is 15.5 Å². The maximum absolute atomic E-state index is 11.6. The van der Waals surface area contributed by atoms with Crippen LogP contribution in [0.15, 0.2) is 54.3 Å². The standard InChI is InChI=1S/C19H20ClN7O3/c20-13-3-1-12(2-4-13)8-25-19(18(21)22)7-16(17(10-30-19)27(28)29)26-6-5-14-15(9-26)24-11-23-14/h1-4,7,10-11,25H,5-6,8-9H2,(H3,21,22)(H,23,24). The van der Waals surface area contributed by atoms with Gasteiger partial charge >= 0.3 is 5.70 Å². The van der Waals surface area contributed by atoms with E-state index in [1.807, 2.05) is 17.0 Å². The molecule has 1 aromatic heterocycles. The topological polar surface area (TPSA) is 146 Å². The Labute approximate surface area is 177 Å². The maximum atomic E-state index is 11.6. The van der Waals surface area contributed by atoms with Crippen molar-refractivity contribution >= 4 is 17.4 Å². The number of hydrogen-bond donors (Lipinski definition) is 4. The van der Waals surface area contributed by atoms with Crippen molar-refractivity contribution in [2.45, 2.75) is 25.2 Å². The summed E-state index contributed by atoms with van der Waals surface area (Å²) in [6.45, 7) is 1.28. The van der Waals surface area contributed by atoms with Crippen molar-refractivity contribution in [1.82, 2.24) is 20.2 Å². The van der Waals surface area contributed by atoms with Gasteiger partial charge in [-0.2, -0.15) is 0 Å². The minimum atomic E-state index is -1.51. The van der Waals surface area contributed by atoms with E-state index in [1.165, 1.54) is 6.08 Å². The second-order valence-electron chi connectivity index (χ2n) is 7.04. The third-order valence-electron chi connectivity index (χ3n) is 5.14. The van der Waals surface area contributed by atoms with Crippen molar-refractivity contribution in [3.8, 4) is 0 Å². The van der Waals surface area contributed by atoms with Crippen LogP contribution >= 0.6 is 11.6 Å². The van der Waals surface area contributed by atoms with Crippen molar-refractivity contribution in [2.24, 2.45) is 5.73 Å². The number of H-pyrrole nitrogens is 1. The second-order valence-corrected chi connectivity index (χ2v) is 7.47. The van der Waals surface area contributed by atoms with E-state index >= 15 is 0 Å². The first-order valence-corrected chi connectivity index (χ1v) is 9.61. The van der Waals surface area contributed by atoms with Crippen LogP contribution in [0.2, 0.25) is 5.02 Å². The van der Waals surface area contributed by atoms with Crippen molar-refractivity contribution in [3.63, 3.8) is 0 Å². The summed E-state index contributed by atoms with van der Waals surface area (Å²) in [5.41, 5.74) is 7.24. The SMILES string of the molecule is N=C(N)C1(NCc2ccc(Cl)cc2)C=C(N2CCc3nc[nH]c3C2)C([N+](=O)[O-])=CO1. The lowest BCUT2D eigenvalue weighted by atomic mass is 10.0. The molecule has 2 aromatic rings. The number of ether oxygens (including phenoxy) is 1. The van der Waals surface area contributed by atoms with Gasteiger partial charge in [-0.05, 0) is 17.7 Å². The monoisotopic (exact) mass is 429 g/mol. The highest BCUT2D eigenvalue weighted by Gasteiger charge is 2.42. The van der Waals surface area contributed by atoms with E-state index in [1.54, 1.807) is 18.5 Å². The molecule has 2 aliphatic heterocycles. The fraction of sp³-hybridized carbons (Fsp3) is 0.263. The summed E-state index contributed by atoms with van der Waals surface area (Å²) < 4.78 is 5.61. The van der Waals surface area contributed by atoms with Gasteiger partial charge < -0.3 is 20.4 Å². The second kappa shape index (κ2) is 7.81. The van der Waals surface area contributed by atoms with Gasteiger partial charge in [0.05, 0.1) is 29.2 Å². The van der Waals surface area contributed by atoms with Crippen LogP contribution in [0.4, 0.5) is 0 Å². The van der Waals surface area contributed by atoms with Crippen LogP contribution in [0.1, 0.15) is 17.0 Å². The van der Waals surface area contributed by atoms with Crippen molar-refractivity contribution in [3.05, 3.63) is 86.4 Å². The fourth-order valence-electron chi connectivity index (χ4n) is 3.48. The van der Waals surface area contributed by atoms with E-state index in [2.05, 4.69) is 15.3 Å². The number of rotatable bonds is 6. The van der Waals surface area contributed by atoms with Crippen molar-refractivity contribution in [2.75, 3.05) is 6.54 Å². The van der Waals surface area contributed by atoms with Gasteiger partial charge in [0.15, 0.2) is 12.1 Å². The lowest BCUT2D eigenvalue weighted by Crippen LogP contribution is -2.56. The zero-order valence-corrected chi connectivity index (χ0v) is 16.6. The summed E-state index contributed by atoms with van der Waals surface area (Å²) in [5.74, 6) is -0.313. The van der Waals surface area contributed by atoms with E-state index in [4.69, 9.17) is 27.5 Å². The van der Waals surface area contributed by atoms with Crippen LogP contribution < -0.4 is 11.1 Å². The minimum Gasteiger partial charge on any atom is -0.462 e. The summed E-state index contributed by atoms with van der Waals surface area (Å²) in [5, 5.41) is 23.5. The molecule has 0 amide bonds. The maximum Gasteiger partial charge on any atom is 0.326 e. The lowest BCUT2D eigenvalue weighted by Gasteiger charge is -2.36. The summed E-state index contributed by atoms with van der Waals surface area (Å²) in [4.78, 5) is 20.3. The number of nitrogens with zero attached hydrogens (tertiary/aromatic N) is 3. The Hall–Kier alpha value is -3.37. The summed E-state index contributed by atoms with van der Waals surface area (Å²) in [6, 6.07) is 7.17. The Balaban J connectivity index is 1.64. The molecule has 1 unspecified atom stereocenters. The van der Waals surface area contributed by atoms with Gasteiger partial charge in [-0.3, -0.25) is 20.8 Å². The third kappa shape index (κ3) is 3.74. The van der Waals surface area contributed by atoms with Gasteiger partial charge in [0.25, 0.3) is 0 Å². The number of benzene rings is 1. The van der Waals surface area contributed by atoms with Gasteiger partial charge in [-0.1, -0.05) is 23.7 Å². The van der Waals surface area contributed by atoms with Gasteiger partial charge in [-0.25, -0.2) is 4.98 Å². The molecule has 0 bridgehead atoms. The minimum absolute atomic E-state index is 0.192. The molecule has 11 heteroatoms. The van der Waals surface area contributed by atoms with Gasteiger partial charge in [0, 0.05) is 30.6 Å². The van der Waals surface area contributed by atoms with Gasteiger partial charge in [-0.15, -0.1) is 0 Å². The molecule has 30 heavy (non-hydrogen) atoms. The lowest BCUT2D eigenvalue weighted by molar-refractivity contribution is -0.425. The molecule has 0 spiro atoms. The number of amidine groups is 1. The first kappa shape index (κ1) is 19.9. The predicted molar refractivity (Wildman–Crippen MR) is 110 cm³/mol. The molecule has 0 saturated carbocycles. The normalized spacial score (nSPS) is 20.6. The van der Waals surface area contributed by atoms with Crippen LogP contribution in [0.3, 0.4) is 0 Å². The molecule has 0 aliphatic carbocycles. The summed E-state index contributed by atoms with van der Waals surface area (Å²) in [6.07, 6.45) is 4.82. The van der Waals surface area contributed by atoms with Gasteiger partial charge in [0.1, 0.15) is 5.70 Å². The Morgan fingerprint density at radius 2 is 2.23 bits per heavy atom. The average Bonchev–Trinajstić information content (AvgIpc) is 3.20. The Morgan fingerprint density at radius 3 is 2.93 bits per heavy atom. The smallest absolute Gasteiger partial charge is 0.326 e. The zero-order chi connectivity index (χ0) is 21.3. The Kier molecular flexibility index (Phi) is 5.18. The molecule has 0 fully saturated rings. The van der Waals surface area contributed by atoms with Crippen LogP contribution in [-0.2, 0) is 24.2 Å². The molecule has 1 atom stereocenters. The number of nitrogens with two attached hydrogens (primary N) is 1. The van der Waals surface area contributed by atoms with E-state index in [-0.39, 0.29) is 11.5 Å². The number of aromatic amines is 1. The molecule has 1 aromatic carbocycles. The highest BCUT2D eigenvalue weighted by molar-refractivity contribution is 6.30. The van der Waals surface area contributed by atoms with Crippen LogP contribution in [0.5, 0.6) is 0 Å². The number of nitrogens with one attached hydrogen (secondary N) is 3. The first-order chi connectivity index (χ1) is 14.4. The first-order valence-electron chi connectivity index (χ1n) is 9.23. The zero-order valence-electron chi connectivity index (χ0n) is 15.9. The van der Waals surface area contributed by atoms with E-state index in [9.17, 15) is 10.1 Å².